The molecule has 0 fully saturated rings. The van der Waals surface area contributed by atoms with Crippen molar-refractivity contribution in [2.24, 2.45) is 7.05 Å². The number of rotatable bonds is 4. The van der Waals surface area contributed by atoms with Crippen LogP contribution in [0.2, 0.25) is 0 Å². The summed E-state index contributed by atoms with van der Waals surface area (Å²) < 4.78 is 4.13. The number of aromatic nitrogens is 4. The number of hydrogen-bond donors (Lipinski definition) is 0. The third-order valence-electron chi connectivity index (χ3n) is 3.17. The molecule has 0 saturated heterocycles. The van der Waals surface area contributed by atoms with Crippen molar-refractivity contribution >= 4 is 22.8 Å². The quantitative estimate of drug-likeness (QED) is 0.786. The fraction of sp³-hybridized carbons (Fsp3) is 0.667. The van der Waals surface area contributed by atoms with Crippen LogP contribution in [0.4, 0.5) is 0 Å². The van der Waals surface area contributed by atoms with Crippen LogP contribution in [0.3, 0.4) is 0 Å². The summed E-state index contributed by atoms with van der Waals surface area (Å²) in [7, 11) is 1.96. The molecule has 0 aliphatic rings. The molecule has 2 heterocycles. The molecule has 5 heteroatoms. The van der Waals surface area contributed by atoms with E-state index in [2.05, 4.69) is 28.5 Å². The van der Waals surface area contributed by atoms with E-state index in [9.17, 15) is 0 Å². The second-order valence-electron chi connectivity index (χ2n) is 4.55. The lowest BCUT2D eigenvalue weighted by atomic mass is 10.2. The molecule has 0 saturated carbocycles. The van der Waals surface area contributed by atoms with Gasteiger partial charge in [0.15, 0.2) is 5.65 Å². The van der Waals surface area contributed by atoms with Crippen molar-refractivity contribution in [1.82, 2.24) is 19.3 Å². The van der Waals surface area contributed by atoms with Crippen LogP contribution in [-0.4, -0.2) is 19.3 Å². The molecule has 0 aliphatic carbocycles. The Kier molecular flexibility index (Phi) is 3.43. The van der Waals surface area contributed by atoms with Gasteiger partial charge in [-0.3, -0.25) is 4.68 Å². The highest BCUT2D eigenvalue weighted by Crippen LogP contribution is 2.26. The van der Waals surface area contributed by atoms with Crippen LogP contribution in [0.25, 0.3) is 11.2 Å². The predicted octanol–water partition coefficient (Wildman–Crippen LogP) is 3.18. The van der Waals surface area contributed by atoms with Crippen LogP contribution >= 0.6 is 11.6 Å². The van der Waals surface area contributed by atoms with E-state index >= 15 is 0 Å². The number of imidazole rings is 1. The molecule has 1 atom stereocenters. The maximum atomic E-state index is 6.00. The Hall–Kier alpha value is -1.03. The summed E-state index contributed by atoms with van der Waals surface area (Å²) in [6.45, 7) is 6.39. The van der Waals surface area contributed by atoms with E-state index in [4.69, 9.17) is 11.6 Å². The number of nitrogens with zero attached hydrogens (tertiary/aromatic N) is 4. The summed E-state index contributed by atoms with van der Waals surface area (Å²) in [4.78, 5) is 4.60. The van der Waals surface area contributed by atoms with Gasteiger partial charge in [-0.2, -0.15) is 5.10 Å². The maximum absolute atomic E-state index is 6.00. The van der Waals surface area contributed by atoms with Gasteiger partial charge in [-0.25, -0.2) is 4.98 Å². The zero-order valence-corrected chi connectivity index (χ0v) is 11.6. The lowest BCUT2D eigenvalue weighted by Gasteiger charge is -2.16. The van der Waals surface area contributed by atoms with E-state index < -0.39 is 0 Å². The third kappa shape index (κ3) is 1.95. The molecule has 94 valence electrons. The van der Waals surface area contributed by atoms with Crippen LogP contribution in [-0.2, 0) is 12.9 Å². The van der Waals surface area contributed by atoms with E-state index in [0.29, 0.717) is 11.9 Å². The second kappa shape index (κ2) is 4.69. The fourth-order valence-electron chi connectivity index (χ4n) is 2.45. The molecule has 2 aromatic heterocycles. The first-order chi connectivity index (χ1) is 8.10. The van der Waals surface area contributed by atoms with Gasteiger partial charge >= 0.3 is 0 Å². The van der Waals surface area contributed by atoms with Crippen molar-refractivity contribution in [1.29, 1.82) is 0 Å². The summed E-state index contributed by atoms with van der Waals surface area (Å²) in [5.74, 6) is 1.39. The van der Waals surface area contributed by atoms with Crippen molar-refractivity contribution in [2.45, 2.75) is 45.5 Å². The van der Waals surface area contributed by atoms with E-state index in [1.807, 2.05) is 18.7 Å². The molecule has 0 N–H and O–H groups in total. The molecule has 4 nitrogen and oxygen atoms in total. The van der Waals surface area contributed by atoms with Gasteiger partial charge in [0.1, 0.15) is 11.3 Å². The topological polar surface area (TPSA) is 35.6 Å². The number of fused-ring (bicyclic) bond motifs is 1. The first-order valence-electron chi connectivity index (χ1n) is 6.06. The van der Waals surface area contributed by atoms with Gasteiger partial charge in [-0.05, 0) is 20.3 Å². The molecule has 0 bridgehead atoms. The number of halogens is 1. The van der Waals surface area contributed by atoms with Crippen molar-refractivity contribution < 1.29 is 0 Å². The Labute approximate surface area is 107 Å². The smallest absolute Gasteiger partial charge is 0.158 e. The molecule has 1 unspecified atom stereocenters. The van der Waals surface area contributed by atoms with E-state index in [0.717, 1.165) is 35.5 Å². The summed E-state index contributed by atoms with van der Waals surface area (Å²) in [5, 5.41) is 4.42. The van der Waals surface area contributed by atoms with Gasteiger partial charge in [-0.15, -0.1) is 11.6 Å². The zero-order chi connectivity index (χ0) is 12.6. The molecule has 2 aromatic rings. The Balaban J connectivity index is 2.64. The monoisotopic (exact) mass is 254 g/mol. The average Bonchev–Trinajstić information content (AvgIpc) is 2.78. The largest absolute Gasteiger partial charge is 0.309 e. The molecule has 17 heavy (non-hydrogen) atoms. The lowest BCUT2D eigenvalue weighted by molar-refractivity contribution is 0.490. The number of aryl methyl sites for hydroxylation is 2. The van der Waals surface area contributed by atoms with Gasteiger partial charge in [-0.1, -0.05) is 13.3 Å². The fourth-order valence-corrected chi connectivity index (χ4v) is 2.63. The molecule has 0 amide bonds. The Bertz CT molecular complexity index is 526. The van der Waals surface area contributed by atoms with Gasteiger partial charge in [0.25, 0.3) is 0 Å². The molecule has 0 spiro atoms. The molecular weight excluding hydrogens is 236 g/mol. The summed E-state index contributed by atoms with van der Waals surface area (Å²) >= 11 is 6.00. The molecule has 0 radical (unpaired) electrons. The van der Waals surface area contributed by atoms with Crippen molar-refractivity contribution in [3.63, 3.8) is 0 Å². The van der Waals surface area contributed by atoms with Crippen molar-refractivity contribution in [2.75, 3.05) is 0 Å². The van der Waals surface area contributed by atoms with Crippen molar-refractivity contribution in [3.05, 3.63) is 11.5 Å². The summed E-state index contributed by atoms with van der Waals surface area (Å²) in [6, 6.07) is 0.411. The molecule has 0 aliphatic heterocycles. The zero-order valence-electron chi connectivity index (χ0n) is 10.9. The highest BCUT2D eigenvalue weighted by atomic mass is 35.5. The lowest BCUT2D eigenvalue weighted by Crippen LogP contribution is -2.11. The normalized spacial score (nSPS) is 13.5. The Morgan fingerprint density at radius 1 is 1.41 bits per heavy atom. The van der Waals surface area contributed by atoms with Gasteiger partial charge in [0.05, 0.1) is 11.6 Å². The highest BCUT2D eigenvalue weighted by Gasteiger charge is 2.19. The van der Waals surface area contributed by atoms with E-state index in [-0.39, 0.29) is 0 Å². The number of alkyl halides is 1. The van der Waals surface area contributed by atoms with E-state index in [1.54, 1.807) is 0 Å². The molecule has 0 aromatic carbocycles. The summed E-state index contributed by atoms with van der Waals surface area (Å²) in [6.07, 6.45) is 2.28. The van der Waals surface area contributed by atoms with Crippen LogP contribution in [0.5, 0.6) is 0 Å². The first-order valence-corrected chi connectivity index (χ1v) is 6.60. The number of hydrogen-bond acceptors (Lipinski definition) is 2. The Morgan fingerprint density at radius 3 is 2.71 bits per heavy atom. The van der Waals surface area contributed by atoms with Crippen LogP contribution in [0.1, 0.15) is 44.2 Å². The van der Waals surface area contributed by atoms with Gasteiger partial charge < -0.3 is 4.57 Å². The van der Waals surface area contributed by atoms with Crippen molar-refractivity contribution in [3.8, 4) is 0 Å². The van der Waals surface area contributed by atoms with Crippen LogP contribution < -0.4 is 0 Å². The summed E-state index contributed by atoms with van der Waals surface area (Å²) in [5.41, 5.74) is 3.03. The minimum atomic E-state index is 0.411. The first kappa shape index (κ1) is 12.4. The van der Waals surface area contributed by atoms with Gasteiger partial charge in [0.2, 0.25) is 0 Å². The van der Waals surface area contributed by atoms with Gasteiger partial charge in [0, 0.05) is 13.1 Å². The SMILES string of the molecule is CCCC(C)n1c(CCl)nc2c(C)nn(C)c21. The molecular formula is C12H19ClN4. The Morgan fingerprint density at radius 2 is 2.12 bits per heavy atom. The van der Waals surface area contributed by atoms with E-state index in [1.165, 1.54) is 0 Å². The predicted molar refractivity (Wildman–Crippen MR) is 70.4 cm³/mol. The minimum Gasteiger partial charge on any atom is -0.309 e. The van der Waals surface area contributed by atoms with Crippen LogP contribution in [0.15, 0.2) is 0 Å². The molecule has 2 rings (SSSR count). The standard InChI is InChI=1S/C12H19ClN4/c1-5-6-8(2)17-10(7-13)14-11-9(3)15-16(4)12(11)17/h8H,5-7H2,1-4H3. The maximum Gasteiger partial charge on any atom is 0.158 e. The minimum absolute atomic E-state index is 0.411. The third-order valence-corrected chi connectivity index (χ3v) is 3.41. The van der Waals surface area contributed by atoms with Crippen LogP contribution in [0, 0.1) is 6.92 Å². The highest BCUT2D eigenvalue weighted by molar-refractivity contribution is 6.16. The second-order valence-corrected chi connectivity index (χ2v) is 4.82. The average molecular weight is 255 g/mol.